The molecule has 2 heteroatoms. The Labute approximate surface area is 110 Å². The lowest BCUT2D eigenvalue weighted by molar-refractivity contribution is -0.119. The zero-order valence-corrected chi connectivity index (χ0v) is 12.0. The van der Waals surface area contributed by atoms with Crippen LogP contribution in [0.25, 0.3) is 0 Å². The number of benzene rings is 1. The number of carbonyl (C=O) groups is 1. The number of hydrogen-bond donors (Lipinski definition) is 0. The third-order valence-electron chi connectivity index (χ3n) is 3.32. The maximum Gasteiger partial charge on any atom is 0.132 e. The average molecular weight is 248 g/mol. The molecule has 0 aliphatic rings. The van der Waals surface area contributed by atoms with Gasteiger partial charge in [-0.2, -0.15) is 0 Å². The lowest BCUT2D eigenvalue weighted by Gasteiger charge is -2.12. The number of ketones is 1. The zero-order chi connectivity index (χ0) is 13.5. The quantitative estimate of drug-likeness (QED) is 0.729. The average Bonchev–Trinajstić information content (AvgIpc) is 2.32. The first-order chi connectivity index (χ1) is 8.58. The van der Waals surface area contributed by atoms with Crippen LogP contribution in [0, 0.1) is 13.8 Å². The van der Waals surface area contributed by atoms with Gasteiger partial charge in [0.25, 0.3) is 0 Å². The predicted molar refractivity (Wildman–Crippen MR) is 75.3 cm³/mol. The van der Waals surface area contributed by atoms with Gasteiger partial charge >= 0.3 is 0 Å². The van der Waals surface area contributed by atoms with Crippen molar-refractivity contribution in [1.82, 2.24) is 0 Å². The largest absolute Gasteiger partial charge is 0.497 e. The topological polar surface area (TPSA) is 26.3 Å². The highest BCUT2D eigenvalue weighted by Gasteiger charge is 2.07. The van der Waals surface area contributed by atoms with E-state index in [0.717, 1.165) is 31.4 Å². The Morgan fingerprint density at radius 3 is 2.28 bits per heavy atom. The van der Waals surface area contributed by atoms with Crippen molar-refractivity contribution in [3.05, 3.63) is 28.8 Å². The molecule has 0 N–H and O–H groups in total. The number of hydrogen-bond acceptors (Lipinski definition) is 2. The van der Waals surface area contributed by atoms with E-state index in [0.29, 0.717) is 12.2 Å². The highest BCUT2D eigenvalue weighted by atomic mass is 16.5. The van der Waals surface area contributed by atoms with Crippen molar-refractivity contribution < 1.29 is 9.53 Å². The van der Waals surface area contributed by atoms with E-state index in [1.807, 2.05) is 0 Å². The van der Waals surface area contributed by atoms with Gasteiger partial charge in [-0.15, -0.1) is 0 Å². The van der Waals surface area contributed by atoms with E-state index in [1.165, 1.54) is 16.7 Å². The fourth-order valence-corrected chi connectivity index (χ4v) is 2.33. The molecule has 100 valence electrons. The van der Waals surface area contributed by atoms with Crippen molar-refractivity contribution in [2.24, 2.45) is 0 Å². The Balaban J connectivity index is 2.60. The smallest absolute Gasteiger partial charge is 0.132 e. The van der Waals surface area contributed by atoms with Gasteiger partial charge in [-0.1, -0.05) is 6.92 Å². The van der Waals surface area contributed by atoms with Gasteiger partial charge in [0, 0.05) is 12.8 Å². The summed E-state index contributed by atoms with van der Waals surface area (Å²) in [5.74, 6) is 1.30. The minimum Gasteiger partial charge on any atom is -0.497 e. The highest BCUT2D eigenvalue weighted by Crippen LogP contribution is 2.23. The molecule has 0 saturated carbocycles. The Bertz CT molecular complexity index is 385. The van der Waals surface area contributed by atoms with Crippen LogP contribution in [0.1, 0.15) is 49.3 Å². The summed E-state index contributed by atoms with van der Waals surface area (Å²) in [6.07, 6.45) is 4.32. The minimum absolute atomic E-state index is 0.390. The van der Waals surface area contributed by atoms with Crippen LogP contribution in [0.5, 0.6) is 5.75 Å². The van der Waals surface area contributed by atoms with Crippen LogP contribution >= 0.6 is 0 Å². The Hall–Kier alpha value is -1.31. The molecule has 0 aliphatic heterocycles. The standard InChI is InChI=1S/C16H24O2/c1-5-7-14(17)8-6-9-16-12(2)10-15(18-4)11-13(16)3/h10-11H,5-9H2,1-4H3. The number of carbonyl (C=O) groups excluding carboxylic acids is 1. The molecule has 0 amide bonds. The van der Waals surface area contributed by atoms with E-state index in [9.17, 15) is 4.79 Å². The summed E-state index contributed by atoms with van der Waals surface area (Å²) >= 11 is 0. The normalized spacial score (nSPS) is 10.4. The Morgan fingerprint density at radius 2 is 1.78 bits per heavy atom. The molecule has 0 unspecified atom stereocenters. The summed E-state index contributed by atoms with van der Waals surface area (Å²) in [6.45, 7) is 6.27. The molecule has 2 nitrogen and oxygen atoms in total. The summed E-state index contributed by atoms with van der Waals surface area (Å²) < 4.78 is 5.25. The lowest BCUT2D eigenvalue weighted by Crippen LogP contribution is -2.00. The molecule has 1 aromatic rings. The van der Waals surface area contributed by atoms with Crippen LogP contribution in [-0.2, 0) is 11.2 Å². The van der Waals surface area contributed by atoms with Crippen LogP contribution in [0.15, 0.2) is 12.1 Å². The molecular formula is C16H24O2. The molecule has 1 rings (SSSR count). The van der Waals surface area contributed by atoms with Crippen LogP contribution in [-0.4, -0.2) is 12.9 Å². The molecule has 18 heavy (non-hydrogen) atoms. The van der Waals surface area contributed by atoms with Crippen LogP contribution in [0.3, 0.4) is 0 Å². The monoisotopic (exact) mass is 248 g/mol. The second kappa shape index (κ2) is 7.20. The fourth-order valence-electron chi connectivity index (χ4n) is 2.33. The van der Waals surface area contributed by atoms with Crippen LogP contribution in [0.4, 0.5) is 0 Å². The number of aryl methyl sites for hydroxylation is 2. The first kappa shape index (κ1) is 14.7. The molecule has 0 fully saturated rings. The molecular weight excluding hydrogens is 224 g/mol. The van der Waals surface area contributed by atoms with E-state index in [4.69, 9.17) is 4.74 Å². The second-order valence-corrected chi connectivity index (χ2v) is 4.88. The van der Waals surface area contributed by atoms with Gasteiger partial charge in [-0.3, -0.25) is 4.79 Å². The molecule has 0 aromatic heterocycles. The highest BCUT2D eigenvalue weighted by molar-refractivity contribution is 5.78. The van der Waals surface area contributed by atoms with Crippen LogP contribution < -0.4 is 4.74 Å². The number of methoxy groups -OCH3 is 1. The first-order valence-electron chi connectivity index (χ1n) is 6.74. The summed E-state index contributed by atoms with van der Waals surface area (Å²) in [6, 6.07) is 4.13. The van der Waals surface area contributed by atoms with Gasteiger partial charge in [-0.25, -0.2) is 0 Å². The summed E-state index contributed by atoms with van der Waals surface area (Å²) in [4.78, 5) is 11.5. The van der Waals surface area contributed by atoms with Crippen molar-refractivity contribution in [3.8, 4) is 5.75 Å². The van der Waals surface area contributed by atoms with Gasteiger partial charge < -0.3 is 4.74 Å². The van der Waals surface area contributed by atoms with Crippen molar-refractivity contribution in [3.63, 3.8) is 0 Å². The van der Waals surface area contributed by atoms with Crippen LogP contribution in [0.2, 0.25) is 0 Å². The summed E-state index contributed by atoms with van der Waals surface area (Å²) in [5, 5.41) is 0. The van der Waals surface area contributed by atoms with Gasteiger partial charge in [0.05, 0.1) is 7.11 Å². The minimum atomic E-state index is 0.390. The second-order valence-electron chi connectivity index (χ2n) is 4.88. The van der Waals surface area contributed by atoms with Crippen molar-refractivity contribution >= 4 is 5.78 Å². The third kappa shape index (κ3) is 4.17. The first-order valence-corrected chi connectivity index (χ1v) is 6.74. The van der Waals surface area contributed by atoms with E-state index in [2.05, 4.69) is 32.9 Å². The van der Waals surface area contributed by atoms with E-state index in [-0.39, 0.29) is 0 Å². The maximum atomic E-state index is 11.5. The van der Waals surface area contributed by atoms with Gasteiger partial charge in [0.15, 0.2) is 0 Å². The summed E-state index contributed by atoms with van der Waals surface area (Å²) in [7, 11) is 1.69. The van der Waals surface area contributed by atoms with Gasteiger partial charge in [0.1, 0.15) is 11.5 Å². The Morgan fingerprint density at radius 1 is 1.17 bits per heavy atom. The number of Topliss-reactive ketones (excluding diaryl/α,β-unsaturated/α-hetero) is 1. The van der Waals surface area contributed by atoms with E-state index >= 15 is 0 Å². The van der Waals surface area contributed by atoms with Crippen molar-refractivity contribution in [1.29, 1.82) is 0 Å². The fraction of sp³-hybridized carbons (Fsp3) is 0.562. The molecule has 0 aliphatic carbocycles. The summed E-state index contributed by atoms with van der Waals surface area (Å²) in [5.41, 5.74) is 3.88. The SMILES string of the molecule is CCCC(=O)CCCc1c(C)cc(OC)cc1C. The third-order valence-corrected chi connectivity index (χ3v) is 3.32. The van der Waals surface area contributed by atoms with Gasteiger partial charge in [0.2, 0.25) is 0 Å². The molecule has 0 saturated heterocycles. The van der Waals surface area contributed by atoms with Gasteiger partial charge in [-0.05, 0) is 61.9 Å². The molecule has 1 aromatic carbocycles. The molecule has 0 spiro atoms. The van der Waals surface area contributed by atoms with E-state index in [1.54, 1.807) is 7.11 Å². The number of ether oxygens (including phenoxy) is 1. The maximum absolute atomic E-state index is 11.5. The molecule has 0 radical (unpaired) electrons. The number of rotatable bonds is 7. The predicted octanol–water partition coefficient (Wildman–Crippen LogP) is 4.00. The lowest BCUT2D eigenvalue weighted by atomic mass is 9.96. The van der Waals surface area contributed by atoms with Crippen molar-refractivity contribution in [2.45, 2.75) is 52.9 Å². The molecule has 0 atom stereocenters. The molecule has 0 bridgehead atoms. The molecule has 0 heterocycles. The Kier molecular flexibility index (Phi) is 5.90. The zero-order valence-electron chi connectivity index (χ0n) is 12.0. The van der Waals surface area contributed by atoms with Crippen molar-refractivity contribution in [2.75, 3.05) is 7.11 Å². The van der Waals surface area contributed by atoms with E-state index < -0.39 is 0 Å².